The van der Waals surface area contributed by atoms with Gasteiger partial charge in [0.05, 0.1) is 14.2 Å². The molecule has 0 heterocycles. The van der Waals surface area contributed by atoms with E-state index in [4.69, 9.17) is 13.7 Å². The van der Waals surface area contributed by atoms with Gasteiger partial charge >= 0.3 is 10.1 Å². The molecule has 0 aliphatic carbocycles. The zero-order valence-electron chi connectivity index (χ0n) is 15.3. The summed E-state index contributed by atoms with van der Waals surface area (Å²) in [5.74, 6) is 0.621. The fourth-order valence-corrected chi connectivity index (χ4v) is 3.51. The number of hydrogen-bond donors (Lipinski definition) is 0. The smallest absolute Gasteiger partial charge is 0.339 e. The first-order chi connectivity index (χ1) is 13.4. The Morgan fingerprint density at radius 2 is 1.36 bits per heavy atom. The van der Waals surface area contributed by atoms with Gasteiger partial charge in [0, 0.05) is 17.2 Å². The summed E-state index contributed by atoms with van der Waals surface area (Å²) in [7, 11) is -1.20. The van der Waals surface area contributed by atoms with Crippen LogP contribution in [0.25, 0.3) is 0 Å². The van der Waals surface area contributed by atoms with E-state index in [2.05, 4.69) is 0 Å². The van der Waals surface area contributed by atoms with Gasteiger partial charge in [-0.05, 0) is 36.4 Å². The van der Waals surface area contributed by atoms with Crippen molar-refractivity contribution in [2.75, 3.05) is 14.2 Å². The number of rotatable bonds is 7. The van der Waals surface area contributed by atoms with E-state index in [0.29, 0.717) is 16.9 Å². The van der Waals surface area contributed by atoms with Gasteiger partial charge in [-0.3, -0.25) is 4.79 Å². The number of methoxy groups -OCH3 is 2. The van der Waals surface area contributed by atoms with Crippen LogP contribution in [-0.2, 0) is 10.1 Å². The molecule has 3 aromatic rings. The molecule has 0 aliphatic rings. The van der Waals surface area contributed by atoms with Gasteiger partial charge in [0.2, 0.25) is 0 Å². The molecular weight excluding hydrogens is 380 g/mol. The van der Waals surface area contributed by atoms with Crippen LogP contribution in [0.4, 0.5) is 0 Å². The van der Waals surface area contributed by atoms with E-state index in [1.807, 2.05) is 6.07 Å². The minimum absolute atomic E-state index is 0.0745. The SMILES string of the molecule is COc1ccc(S(=O)(=O)Oc2ccc(C(=O)c3ccccc3)cc2)cc1OC. The van der Waals surface area contributed by atoms with Crippen LogP contribution in [0.15, 0.2) is 77.7 Å². The standard InChI is InChI=1S/C21H18O6S/c1-25-19-13-12-18(14-20(19)26-2)28(23,24)27-17-10-8-16(9-11-17)21(22)15-6-4-3-5-7-15/h3-14H,1-2H3. The van der Waals surface area contributed by atoms with Crippen LogP contribution in [-0.4, -0.2) is 28.4 Å². The van der Waals surface area contributed by atoms with E-state index in [1.165, 1.54) is 56.7 Å². The minimum Gasteiger partial charge on any atom is -0.493 e. The van der Waals surface area contributed by atoms with Gasteiger partial charge in [-0.15, -0.1) is 0 Å². The molecule has 3 rings (SSSR count). The third-order valence-electron chi connectivity index (χ3n) is 4.00. The topological polar surface area (TPSA) is 78.9 Å². The number of ketones is 1. The van der Waals surface area contributed by atoms with Gasteiger partial charge < -0.3 is 13.7 Å². The number of hydrogen-bond acceptors (Lipinski definition) is 6. The normalized spacial score (nSPS) is 10.9. The Hall–Kier alpha value is -3.32. The molecule has 7 heteroatoms. The Morgan fingerprint density at radius 3 is 1.96 bits per heavy atom. The number of carbonyl (C=O) groups is 1. The van der Waals surface area contributed by atoms with Crippen LogP contribution < -0.4 is 13.7 Å². The molecular formula is C21H18O6S. The van der Waals surface area contributed by atoms with Gasteiger partial charge in [0.25, 0.3) is 0 Å². The summed E-state index contributed by atoms with van der Waals surface area (Å²) in [6, 6.07) is 18.9. The number of carbonyl (C=O) groups excluding carboxylic acids is 1. The van der Waals surface area contributed by atoms with Gasteiger partial charge in [0.15, 0.2) is 17.3 Å². The fraction of sp³-hybridized carbons (Fsp3) is 0.0952. The van der Waals surface area contributed by atoms with Gasteiger partial charge in [-0.1, -0.05) is 30.3 Å². The fourth-order valence-electron chi connectivity index (χ4n) is 2.56. The van der Waals surface area contributed by atoms with Gasteiger partial charge in [0.1, 0.15) is 10.6 Å². The monoisotopic (exact) mass is 398 g/mol. The quantitative estimate of drug-likeness (QED) is 0.446. The summed E-state index contributed by atoms with van der Waals surface area (Å²) in [6.45, 7) is 0. The van der Waals surface area contributed by atoms with E-state index < -0.39 is 10.1 Å². The largest absolute Gasteiger partial charge is 0.493 e. The Labute approximate surface area is 163 Å². The molecule has 0 fully saturated rings. The number of ether oxygens (including phenoxy) is 2. The maximum atomic E-state index is 12.5. The predicted molar refractivity (Wildman–Crippen MR) is 104 cm³/mol. The van der Waals surface area contributed by atoms with Crippen molar-refractivity contribution in [3.63, 3.8) is 0 Å². The van der Waals surface area contributed by atoms with E-state index in [-0.39, 0.29) is 22.2 Å². The van der Waals surface area contributed by atoms with Gasteiger partial charge in [-0.2, -0.15) is 8.42 Å². The third-order valence-corrected chi connectivity index (χ3v) is 5.25. The molecule has 0 bridgehead atoms. The molecule has 144 valence electrons. The lowest BCUT2D eigenvalue weighted by Crippen LogP contribution is -2.10. The molecule has 28 heavy (non-hydrogen) atoms. The molecule has 0 N–H and O–H groups in total. The maximum Gasteiger partial charge on any atom is 0.339 e. The highest BCUT2D eigenvalue weighted by Gasteiger charge is 2.20. The van der Waals surface area contributed by atoms with Crippen LogP contribution >= 0.6 is 0 Å². The van der Waals surface area contributed by atoms with Crippen molar-refractivity contribution in [2.24, 2.45) is 0 Å². The zero-order valence-corrected chi connectivity index (χ0v) is 16.1. The summed E-state index contributed by atoms with van der Waals surface area (Å²) < 4.78 is 40.4. The molecule has 0 amide bonds. The first kappa shape index (κ1) is 19.4. The average molecular weight is 398 g/mol. The summed E-state index contributed by atoms with van der Waals surface area (Å²) in [5.41, 5.74) is 0.983. The van der Waals surface area contributed by atoms with Crippen molar-refractivity contribution in [1.29, 1.82) is 0 Å². The van der Waals surface area contributed by atoms with Crippen molar-refractivity contribution >= 4 is 15.9 Å². The summed E-state index contributed by atoms with van der Waals surface area (Å²) >= 11 is 0. The molecule has 3 aromatic carbocycles. The van der Waals surface area contributed by atoms with Crippen LogP contribution in [0.2, 0.25) is 0 Å². The Kier molecular flexibility index (Phi) is 5.65. The summed E-state index contributed by atoms with van der Waals surface area (Å²) in [6.07, 6.45) is 0. The second kappa shape index (κ2) is 8.14. The molecule has 0 aliphatic heterocycles. The molecule has 0 unspecified atom stereocenters. The molecule has 6 nitrogen and oxygen atoms in total. The van der Waals surface area contributed by atoms with Crippen molar-refractivity contribution < 1.29 is 26.9 Å². The van der Waals surface area contributed by atoms with E-state index in [9.17, 15) is 13.2 Å². The molecule has 0 saturated heterocycles. The van der Waals surface area contributed by atoms with E-state index in [1.54, 1.807) is 24.3 Å². The summed E-state index contributed by atoms with van der Waals surface area (Å²) in [4.78, 5) is 12.3. The van der Waals surface area contributed by atoms with Crippen molar-refractivity contribution in [1.82, 2.24) is 0 Å². The van der Waals surface area contributed by atoms with Gasteiger partial charge in [-0.25, -0.2) is 0 Å². The van der Waals surface area contributed by atoms with Crippen LogP contribution in [0.1, 0.15) is 15.9 Å². The first-order valence-electron chi connectivity index (χ1n) is 8.31. The van der Waals surface area contributed by atoms with E-state index in [0.717, 1.165) is 0 Å². The highest BCUT2D eigenvalue weighted by molar-refractivity contribution is 7.87. The third kappa shape index (κ3) is 4.15. The second-order valence-electron chi connectivity index (χ2n) is 5.77. The summed E-state index contributed by atoms with van der Waals surface area (Å²) in [5, 5.41) is 0. The molecule has 0 atom stereocenters. The second-order valence-corrected chi connectivity index (χ2v) is 7.32. The van der Waals surface area contributed by atoms with Crippen molar-refractivity contribution in [3.05, 3.63) is 83.9 Å². The van der Waals surface area contributed by atoms with Crippen LogP contribution in [0.5, 0.6) is 17.2 Å². The lowest BCUT2D eigenvalue weighted by Gasteiger charge is -2.11. The minimum atomic E-state index is -4.08. The zero-order chi connectivity index (χ0) is 20.1. The predicted octanol–water partition coefficient (Wildman–Crippen LogP) is 3.70. The number of benzene rings is 3. The average Bonchev–Trinajstić information content (AvgIpc) is 2.73. The molecule has 0 saturated carbocycles. The highest BCUT2D eigenvalue weighted by Crippen LogP contribution is 2.30. The van der Waals surface area contributed by atoms with Crippen molar-refractivity contribution in [2.45, 2.75) is 4.90 Å². The maximum absolute atomic E-state index is 12.5. The molecule has 0 spiro atoms. The van der Waals surface area contributed by atoms with E-state index >= 15 is 0 Å². The van der Waals surface area contributed by atoms with Crippen LogP contribution in [0.3, 0.4) is 0 Å². The molecule has 0 radical (unpaired) electrons. The van der Waals surface area contributed by atoms with Crippen LogP contribution in [0, 0.1) is 0 Å². The Bertz CT molecular complexity index is 1070. The Balaban J connectivity index is 1.81. The first-order valence-corrected chi connectivity index (χ1v) is 9.72. The highest BCUT2D eigenvalue weighted by atomic mass is 32.2. The van der Waals surface area contributed by atoms with Crippen molar-refractivity contribution in [3.8, 4) is 17.2 Å². The Morgan fingerprint density at radius 1 is 0.750 bits per heavy atom. The lowest BCUT2D eigenvalue weighted by molar-refractivity contribution is 0.103. The molecule has 0 aromatic heterocycles. The lowest BCUT2D eigenvalue weighted by atomic mass is 10.0.